The number of ether oxygens (including phenoxy) is 1. The summed E-state index contributed by atoms with van der Waals surface area (Å²) in [6, 6.07) is 6.39. The molecule has 1 aliphatic rings. The van der Waals surface area contributed by atoms with Gasteiger partial charge >= 0.3 is 5.97 Å². The first-order valence-corrected chi connectivity index (χ1v) is 8.43. The molecule has 0 bridgehead atoms. The van der Waals surface area contributed by atoms with Gasteiger partial charge in [0.2, 0.25) is 5.78 Å². The molecule has 7 heteroatoms. The lowest BCUT2D eigenvalue weighted by atomic mass is 10.1. The second-order valence-electron chi connectivity index (χ2n) is 6.64. The maximum Gasteiger partial charge on any atom is 0.338 e. The standard InChI is InChI=1S/C19H20N2O5/c1-11-4-5-14(9-17(11)21(24)25)19(23)26-10-18(22)16-8-12(2)20(13(16)3)15-6-7-15/h4-5,8-9,15H,6-7,10H2,1-3H3. The molecule has 0 saturated heterocycles. The number of carbonyl (C=O) groups is 2. The van der Waals surface area contributed by atoms with Crippen LogP contribution in [0.25, 0.3) is 0 Å². The highest BCUT2D eigenvalue weighted by Gasteiger charge is 2.28. The van der Waals surface area contributed by atoms with Gasteiger partial charge in [-0.15, -0.1) is 0 Å². The van der Waals surface area contributed by atoms with E-state index in [0.29, 0.717) is 17.2 Å². The van der Waals surface area contributed by atoms with Gasteiger partial charge in [0.15, 0.2) is 6.61 Å². The highest BCUT2D eigenvalue weighted by molar-refractivity contribution is 6.00. The number of esters is 1. The van der Waals surface area contributed by atoms with E-state index in [9.17, 15) is 19.7 Å². The first-order chi connectivity index (χ1) is 12.3. The highest BCUT2D eigenvalue weighted by Crippen LogP contribution is 2.38. The van der Waals surface area contributed by atoms with E-state index in [4.69, 9.17) is 4.74 Å². The predicted molar refractivity (Wildman–Crippen MR) is 94.6 cm³/mol. The Morgan fingerprint density at radius 3 is 2.54 bits per heavy atom. The number of nitrogens with zero attached hydrogens (tertiary/aromatic N) is 2. The van der Waals surface area contributed by atoms with Crippen LogP contribution >= 0.6 is 0 Å². The molecule has 0 spiro atoms. The van der Waals surface area contributed by atoms with Gasteiger partial charge in [-0.1, -0.05) is 6.07 Å². The number of hydrogen-bond donors (Lipinski definition) is 0. The SMILES string of the molecule is Cc1ccc(C(=O)OCC(=O)c2cc(C)n(C3CC3)c2C)cc1[N+](=O)[O-]. The zero-order valence-corrected chi connectivity index (χ0v) is 14.9. The molecule has 1 aromatic heterocycles. The minimum Gasteiger partial charge on any atom is -0.454 e. The second kappa shape index (κ2) is 6.74. The molecule has 26 heavy (non-hydrogen) atoms. The van der Waals surface area contributed by atoms with Gasteiger partial charge in [-0.25, -0.2) is 4.79 Å². The number of ketones is 1. The van der Waals surface area contributed by atoms with E-state index in [1.54, 1.807) is 6.92 Å². The number of aromatic nitrogens is 1. The lowest BCUT2D eigenvalue weighted by molar-refractivity contribution is -0.385. The van der Waals surface area contributed by atoms with Gasteiger partial charge in [0, 0.05) is 34.6 Å². The molecule has 1 aromatic carbocycles. The van der Waals surface area contributed by atoms with Crippen molar-refractivity contribution in [1.82, 2.24) is 4.57 Å². The number of benzene rings is 1. The van der Waals surface area contributed by atoms with Gasteiger partial charge in [-0.3, -0.25) is 14.9 Å². The minimum atomic E-state index is -0.752. The Bertz CT molecular complexity index is 909. The van der Waals surface area contributed by atoms with E-state index >= 15 is 0 Å². The van der Waals surface area contributed by atoms with Crippen LogP contribution in [0, 0.1) is 30.9 Å². The van der Waals surface area contributed by atoms with Gasteiger partial charge in [-0.2, -0.15) is 0 Å². The number of nitro groups is 1. The molecule has 0 unspecified atom stereocenters. The molecule has 1 aliphatic carbocycles. The molecule has 0 N–H and O–H groups in total. The average Bonchev–Trinajstić information content (AvgIpc) is 3.37. The van der Waals surface area contributed by atoms with Crippen molar-refractivity contribution in [2.24, 2.45) is 0 Å². The highest BCUT2D eigenvalue weighted by atomic mass is 16.6. The largest absolute Gasteiger partial charge is 0.454 e. The van der Waals surface area contributed by atoms with Crippen LogP contribution in [0.15, 0.2) is 24.3 Å². The molecule has 136 valence electrons. The number of hydrogen-bond acceptors (Lipinski definition) is 5. The Morgan fingerprint density at radius 1 is 1.23 bits per heavy atom. The van der Waals surface area contributed by atoms with E-state index in [-0.39, 0.29) is 17.0 Å². The third kappa shape index (κ3) is 3.37. The van der Waals surface area contributed by atoms with E-state index < -0.39 is 17.5 Å². The summed E-state index contributed by atoms with van der Waals surface area (Å²) in [5.74, 6) is -1.03. The van der Waals surface area contributed by atoms with Crippen molar-refractivity contribution in [1.29, 1.82) is 0 Å². The van der Waals surface area contributed by atoms with Gasteiger partial charge < -0.3 is 9.30 Å². The maximum atomic E-state index is 12.4. The summed E-state index contributed by atoms with van der Waals surface area (Å²) in [6.45, 7) is 5.05. The summed E-state index contributed by atoms with van der Waals surface area (Å²) >= 11 is 0. The number of Topliss-reactive ketones (excluding diaryl/α,β-unsaturated/α-hetero) is 1. The number of nitro benzene ring substituents is 1. The fourth-order valence-electron chi connectivity index (χ4n) is 3.18. The molecule has 2 aromatic rings. The summed E-state index contributed by atoms with van der Waals surface area (Å²) in [4.78, 5) is 35.0. The second-order valence-corrected chi connectivity index (χ2v) is 6.64. The third-order valence-electron chi connectivity index (χ3n) is 4.67. The molecular weight excluding hydrogens is 336 g/mol. The molecule has 1 heterocycles. The molecule has 0 aliphatic heterocycles. The van der Waals surface area contributed by atoms with E-state index in [0.717, 1.165) is 24.2 Å². The Hall–Kier alpha value is -2.96. The van der Waals surface area contributed by atoms with Gasteiger partial charge in [0.1, 0.15) is 0 Å². The quantitative estimate of drug-likeness (QED) is 0.341. The van der Waals surface area contributed by atoms with Crippen molar-refractivity contribution >= 4 is 17.4 Å². The van der Waals surface area contributed by atoms with Crippen molar-refractivity contribution in [3.63, 3.8) is 0 Å². The first kappa shape index (κ1) is 17.8. The van der Waals surface area contributed by atoms with Crippen molar-refractivity contribution in [3.05, 3.63) is 62.5 Å². The molecule has 0 amide bonds. The number of aryl methyl sites for hydroxylation is 2. The van der Waals surface area contributed by atoms with Crippen LogP contribution in [0.5, 0.6) is 0 Å². The predicted octanol–water partition coefficient (Wildman–Crippen LogP) is 3.70. The summed E-state index contributed by atoms with van der Waals surface area (Å²) in [5.41, 5.74) is 2.82. The molecular formula is C19H20N2O5. The molecule has 1 fully saturated rings. The Kier molecular flexibility index (Phi) is 4.63. The average molecular weight is 356 g/mol. The van der Waals surface area contributed by atoms with Crippen molar-refractivity contribution in [2.45, 2.75) is 39.7 Å². The molecule has 1 saturated carbocycles. The van der Waals surface area contributed by atoms with Crippen molar-refractivity contribution in [3.8, 4) is 0 Å². The van der Waals surface area contributed by atoms with Crippen molar-refractivity contribution in [2.75, 3.05) is 6.61 Å². The van der Waals surface area contributed by atoms with Crippen LogP contribution < -0.4 is 0 Å². The molecule has 0 radical (unpaired) electrons. The van der Waals surface area contributed by atoms with Crippen LogP contribution in [0.2, 0.25) is 0 Å². The van der Waals surface area contributed by atoms with E-state index in [1.807, 2.05) is 19.9 Å². The monoisotopic (exact) mass is 356 g/mol. The van der Waals surface area contributed by atoms with E-state index in [1.165, 1.54) is 18.2 Å². The Morgan fingerprint density at radius 2 is 1.92 bits per heavy atom. The summed E-state index contributed by atoms with van der Waals surface area (Å²) in [6.07, 6.45) is 2.23. The van der Waals surface area contributed by atoms with Crippen LogP contribution in [0.4, 0.5) is 5.69 Å². The fourth-order valence-corrected chi connectivity index (χ4v) is 3.18. The summed E-state index contributed by atoms with van der Waals surface area (Å²) < 4.78 is 7.23. The van der Waals surface area contributed by atoms with Gasteiger partial charge in [0.25, 0.3) is 5.69 Å². The van der Waals surface area contributed by atoms with Crippen molar-refractivity contribution < 1.29 is 19.2 Å². The smallest absolute Gasteiger partial charge is 0.338 e. The van der Waals surface area contributed by atoms with Gasteiger partial charge in [0.05, 0.1) is 10.5 Å². The molecule has 3 rings (SSSR count). The lowest BCUT2D eigenvalue weighted by Gasteiger charge is -2.08. The Labute approximate surface area is 150 Å². The number of rotatable bonds is 6. The summed E-state index contributed by atoms with van der Waals surface area (Å²) in [5, 5.41) is 11.0. The summed E-state index contributed by atoms with van der Waals surface area (Å²) in [7, 11) is 0. The first-order valence-electron chi connectivity index (χ1n) is 8.43. The Balaban J connectivity index is 1.70. The lowest BCUT2D eigenvalue weighted by Crippen LogP contribution is -2.15. The molecule has 7 nitrogen and oxygen atoms in total. The number of carbonyl (C=O) groups excluding carboxylic acids is 2. The normalized spacial score (nSPS) is 13.5. The fraction of sp³-hybridized carbons (Fsp3) is 0.368. The van der Waals surface area contributed by atoms with E-state index in [2.05, 4.69) is 4.57 Å². The van der Waals surface area contributed by atoms with Crippen LogP contribution in [-0.2, 0) is 4.74 Å². The van der Waals surface area contributed by atoms with Crippen LogP contribution in [0.3, 0.4) is 0 Å². The van der Waals surface area contributed by atoms with Gasteiger partial charge in [-0.05, 0) is 45.7 Å². The topological polar surface area (TPSA) is 91.4 Å². The van der Waals surface area contributed by atoms with Crippen LogP contribution in [0.1, 0.15) is 56.6 Å². The molecule has 0 atom stereocenters. The van der Waals surface area contributed by atoms with Crippen LogP contribution in [-0.4, -0.2) is 27.8 Å². The zero-order chi connectivity index (χ0) is 19.0. The third-order valence-corrected chi connectivity index (χ3v) is 4.67. The zero-order valence-electron chi connectivity index (χ0n) is 14.9. The maximum absolute atomic E-state index is 12.4. The minimum absolute atomic E-state index is 0.0542.